The maximum atomic E-state index is 11.4. The number of rotatable bonds is 13. The Morgan fingerprint density at radius 2 is 1.42 bits per heavy atom. The minimum atomic E-state index is -0.967. The van der Waals surface area contributed by atoms with Crippen LogP contribution < -0.4 is 9.47 Å². The van der Waals surface area contributed by atoms with Gasteiger partial charge in [0.25, 0.3) is 0 Å². The molecule has 1 heterocycles. The number of aryl methyl sites for hydroxylation is 2. The summed E-state index contributed by atoms with van der Waals surface area (Å²) in [7, 11) is 0. The Balaban J connectivity index is 1.35. The minimum absolute atomic E-state index is 0.150. The van der Waals surface area contributed by atoms with Crippen LogP contribution in [0.25, 0.3) is 10.9 Å². The number of hydrogen-bond donors (Lipinski definition) is 2. The number of carboxylic acid groups (broad SMARTS) is 2. The Kier molecular flexibility index (Phi) is 8.24. The molecule has 186 valence electrons. The summed E-state index contributed by atoms with van der Waals surface area (Å²) >= 11 is 0. The molecule has 0 saturated carbocycles. The highest BCUT2D eigenvalue weighted by Crippen LogP contribution is 2.27. The van der Waals surface area contributed by atoms with Gasteiger partial charge in [0.05, 0.1) is 19.6 Å². The Bertz CT molecular complexity index is 1310. The van der Waals surface area contributed by atoms with Gasteiger partial charge in [-0.3, -0.25) is 9.59 Å². The first-order valence-corrected chi connectivity index (χ1v) is 11.9. The lowest BCUT2D eigenvalue weighted by atomic mass is 9.98. The second kappa shape index (κ2) is 11.9. The van der Waals surface area contributed by atoms with Crippen LogP contribution in [0.1, 0.15) is 23.1 Å². The normalized spacial score (nSPS) is 10.9. The Morgan fingerprint density at radius 3 is 2.08 bits per heavy atom. The number of ether oxygens (including phenoxy) is 2. The molecule has 0 amide bonds. The summed E-state index contributed by atoms with van der Waals surface area (Å²) in [4.78, 5) is 22.7. The van der Waals surface area contributed by atoms with Crippen molar-refractivity contribution in [1.82, 2.24) is 4.57 Å². The molecule has 0 spiro atoms. The second-order valence-corrected chi connectivity index (χ2v) is 8.57. The van der Waals surface area contributed by atoms with Gasteiger partial charge in [0.15, 0.2) is 0 Å². The number of benzene rings is 3. The molecular formula is C29H29NO6. The average molecular weight is 488 g/mol. The predicted octanol–water partition coefficient (Wildman–Crippen LogP) is 4.99. The summed E-state index contributed by atoms with van der Waals surface area (Å²) in [5.41, 5.74) is 3.52. The first-order chi connectivity index (χ1) is 17.5. The van der Waals surface area contributed by atoms with Gasteiger partial charge < -0.3 is 24.3 Å². The number of carbonyl (C=O) groups is 2. The van der Waals surface area contributed by atoms with Crippen LogP contribution in [0, 0.1) is 0 Å². The van der Waals surface area contributed by atoms with Crippen LogP contribution >= 0.6 is 0 Å². The fourth-order valence-electron chi connectivity index (χ4n) is 4.29. The zero-order valence-corrected chi connectivity index (χ0v) is 19.9. The highest BCUT2D eigenvalue weighted by molar-refractivity contribution is 5.91. The zero-order valence-electron chi connectivity index (χ0n) is 19.9. The third kappa shape index (κ3) is 6.66. The van der Waals surface area contributed by atoms with Gasteiger partial charge in [-0.2, -0.15) is 0 Å². The molecule has 0 radical (unpaired) electrons. The van der Waals surface area contributed by atoms with Crippen molar-refractivity contribution in [2.24, 2.45) is 0 Å². The third-order valence-electron chi connectivity index (χ3n) is 5.89. The summed E-state index contributed by atoms with van der Waals surface area (Å²) in [6.07, 6.45) is 3.75. The molecule has 0 bridgehead atoms. The topological polar surface area (TPSA) is 98.0 Å². The molecule has 0 unspecified atom stereocenters. The molecule has 0 aliphatic heterocycles. The monoisotopic (exact) mass is 487 g/mol. The molecule has 2 N–H and O–H groups in total. The van der Waals surface area contributed by atoms with E-state index in [0.717, 1.165) is 46.4 Å². The Labute approximate surface area is 209 Å². The Morgan fingerprint density at radius 1 is 0.722 bits per heavy atom. The van der Waals surface area contributed by atoms with E-state index in [9.17, 15) is 19.8 Å². The quantitative estimate of drug-likeness (QED) is 0.258. The fraction of sp³-hybridized carbons (Fsp3) is 0.241. The molecule has 7 heteroatoms. The molecular weight excluding hydrogens is 458 g/mol. The van der Waals surface area contributed by atoms with E-state index in [2.05, 4.69) is 0 Å². The summed E-state index contributed by atoms with van der Waals surface area (Å²) < 4.78 is 13.1. The third-order valence-corrected chi connectivity index (χ3v) is 5.89. The van der Waals surface area contributed by atoms with Crippen LogP contribution in [0.3, 0.4) is 0 Å². The van der Waals surface area contributed by atoms with E-state index in [-0.39, 0.29) is 13.0 Å². The van der Waals surface area contributed by atoms with Gasteiger partial charge >= 0.3 is 11.9 Å². The van der Waals surface area contributed by atoms with Crippen molar-refractivity contribution in [2.45, 2.75) is 32.2 Å². The molecule has 0 atom stereocenters. The summed E-state index contributed by atoms with van der Waals surface area (Å²) in [5, 5.41) is 19.4. The maximum Gasteiger partial charge on any atom is 0.323 e. The highest BCUT2D eigenvalue weighted by Gasteiger charge is 2.16. The van der Waals surface area contributed by atoms with Crippen LogP contribution in [0.2, 0.25) is 0 Å². The van der Waals surface area contributed by atoms with E-state index in [4.69, 9.17) is 9.47 Å². The second-order valence-electron chi connectivity index (χ2n) is 8.57. The van der Waals surface area contributed by atoms with E-state index < -0.39 is 11.9 Å². The summed E-state index contributed by atoms with van der Waals surface area (Å²) in [6.45, 7) is 0.943. The van der Waals surface area contributed by atoms with E-state index in [0.29, 0.717) is 25.2 Å². The standard InChI is InChI=1S/C29H29NO6/c31-27(32)18-23-19-30(20-28(33)34)26-9-4-6-22(29(23)26)13-10-21-11-14-25(15-12-21)36-17-5-16-35-24-7-2-1-3-8-24/h1-4,6-9,11-12,14-15,19H,5,10,13,16-18,20H2,(H,31,32)(H,33,34). The van der Waals surface area contributed by atoms with E-state index >= 15 is 0 Å². The van der Waals surface area contributed by atoms with Crippen molar-refractivity contribution in [3.05, 3.63) is 95.7 Å². The first kappa shape index (κ1) is 24.9. The lowest BCUT2D eigenvalue weighted by Gasteiger charge is -2.10. The van der Waals surface area contributed by atoms with Crippen LogP contribution in [0.15, 0.2) is 79.0 Å². The summed E-state index contributed by atoms with van der Waals surface area (Å²) in [6, 6.07) is 23.4. The van der Waals surface area contributed by atoms with Crippen LogP contribution in [-0.2, 0) is 35.4 Å². The molecule has 7 nitrogen and oxygen atoms in total. The molecule has 36 heavy (non-hydrogen) atoms. The molecule has 0 aliphatic rings. The van der Waals surface area contributed by atoms with Gasteiger partial charge in [-0.15, -0.1) is 0 Å². The molecule has 4 rings (SSSR count). The number of nitrogens with zero attached hydrogens (tertiary/aromatic N) is 1. The maximum absolute atomic E-state index is 11.4. The number of fused-ring (bicyclic) bond motifs is 1. The van der Waals surface area contributed by atoms with Crippen molar-refractivity contribution >= 4 is 22.8 Å². The number of aromatic nitrogens is 1. The van der Waals surface area contributed by atoms with Crippen molar-refractivity contribution in [2.75, 3.05) is 13.2 Å². The first-order valence-electron chi connectivity index (χ1n) is 11.9. The van der Waals surface area contributed by atoms with Gasteiger partial charge in [-0.1, -0.05) is 42.5 Å². The predicted molar refractivity (Wildman–Crippen MR) is 137 cm³/mol. The lowest BCUT2D eigenvalue weighted by Crippen LogP contribution is -2.07. The zero-order chi connectivity index (χ0) is 25.3. The van der Waals surface area contributed by atoms with Crippen molar-refractivity contribution in [3.63, 3.8) is 0 Å². The van der Waals surface area contributed by atoms with E-state index in [1.807, 2.05) is 72.8 Å². The molecule has 1 aromatic heterocycles. The van der Waals surface area contributed by atoms with Gasteiger partial charge in [-0.05, 0) is 59.9 Å². The minimum Gasteiger partial charge on any atom is -0.493 e. The fourth-order valence-corrected chi connectivity index (χ4v) is 4.29. The number of carboxylic acids is 2. The average Bonchev–Trinajstić information content (AvgIpc) is 3.20. The van der Waals surface area contributed by atoms with Gasteiger partial charge in [-0.25, -0.2) is 0 Å². The largest absolute Gasteiger partial charge is 0.493 e. The highest BCUT2D eigenvalue weighted by atomic mass is 16.5. The van der Waals surface area contributed by atoms with E-state index in [1.54, 1.807) is 10.8 Å². The smallest absolute Gasteiger partial charge is 0.323 e. The van der Waals surface area contributed by atoms with Crippen LogP contribution in [0.5, 0.6) is 11.5 Å². The van der Waals surface area contributed by atoms with Crippen molar-refractivity contribution in [3.8, 4) is 11.5 Å². The molecule has 3 aromatic carbocycles. The van der Waals surface area contributed by atoms with Crippen molar-refractivity contribution in [1.29, 1.82) is 0 Å². The molecule has 0 saturated heterocycles. The SMILES string of the molecule is O=C(O)Cc1cn(CC(=O)O)c2cccc(CCc3ccc(OCCCOc4ccccc4)cc3)c12. The van der Waals surface area contributed by atoms with Crippen LogP contribution in [-0.4, -0.2) is 39.9 Å². The van der Waals surface area contributed by atoms with Crippen LogP contribution in [0.4, 0.5) is 0 Å². The Hall–Kier alpha value is -4.26. The summed E-state index contributed by atoms with van der Waals surface area (Å²) in [5.74, 6) is -0.257. The molecule has 0 fully saturated rings. The lowest BCUT2D eigenvalue weighted by molar-refractivity contribution is -0.138. The number of hydrogen-bond acceptors (Lipinski definition) is 4. The van der Waals surface area contributed by atoms with Crippen molar-refractivity contribution < 1.29 is 29.3 Å². The molecule has 0 aliphatic carbocycles. The van der Waals surface area contributed by atoms with Gasteiger partial charge in [0.2, 0.25) is 0 Å². The van der Waals surface area contributed by atoms with Gasteiger partial charge in [0.1, 0.15) is 18.0 Å². The number of para-hydroxylation sites is 1. The van der Waals surface area contributed by atoms with E-state index in [1.165, 1.54) is 0 Å². The number of aliphatic carboxylic acids is 2. The molecule has 4 aromatic rings. The van der Waals surface area contributed by atoms with Gasteiger partial charge in [0, 0.05) is 23.5 Å².